The van der Waals surface area contributed by atoms with Crippen LogP contribution >= 0.6 is 0 Å². The molecule has 1 amide bonds. The van der Waals surface area contributed by atoms with Gasteiger partial charge in [0.05, 0.1) is 0 Å². The van der Waals surface area contributed by atoms with Crippen molar-refractivity contribution in [2.24, 2.45) is 16.8 Å². The van der Waals surface area contributed by atoms with Crippen molar-refractivity contribution in [3.8, 4) is 0 Å². The number of oxime groups is 1. The second-order valence-electron chi connectivity index (χ2n) is 4.82. The van der Waals surface area contributed by atoms with E-state index in [4.69, 9.17) is 10.9 Å². The third kappa shape index (κ3) is 3.11. The van der Waals surface area contributed by atoms with E-state index in [9.17, 15) is 4.79 Å². The zero-order chi connectivity index (χ0) is 12.9. The Balaban J connectivity index is 2.78. The number of nitrogens with two attached hydrogens (primary N) is 1. The molecule has 98 valence electrons. The maximum Gasteiger partial charge on any atom is 0.220 e. The molecule has 4 N–H and O–H groups in total. The first kappa shape index (κ1) is 13.8. The molecule has 0 aromatic rings. The monoisotopic (exact) mass is 241 g/mol. The van der Waals surface area contributed by atoms with Crippen LogP contribution in [0.3, 0.4) is 0 Å². The fraction of sp³-hybridized carbons (Fsp3) is 0.833. The largest absolute Gasteiger partial charge is 0.409 e. The van der Waals surface area contributed by atoms with E-state index in [-0.39, 0.29) is 11.7 Å². The molecule has 1 aliphatic carbocycles. The molecule has 0 aliphatic heterocycles. The van der Waals surface area contributed by atoms with Crippen LogP contribution in [0.2, 0.25) is 0 Å². The van der Waals surface area contributed by atoms with Gasteiger partial charge in [0, 0.05) is 6.42 Å². The summed E-state index contributed by atoms with van der Waals surface area (Å²) in [6.07, 6.45) is 5.10. The van der Waals surface area contributed by atoms with Crippen LogP contribution in [0, 0.1) is 5.92 Å². The van der Waals surface area contributed by atoms with Crippen LogP contribution in [0.5, 0.6) is 0 Å². The third-order valence-corrected chi connectivity index (χ3v) is 3.83. The van der Waals surface area contributed by atoms with Gasteiger partial charge in [0.1, 0.15) is 5.54 Å². The second-order valence-corrected chi connectivity index (χ2v) is 4.82. The zero-order valence-electron chi connectivity index (χ0n) is 10.7. The quantitative estimate of drug-likeness (QED) is 0.302. The molecule has 1 aliphatic rings. The first-order valence-corrected chi connectivity index (χ1v) is 6.37. The summed E-state index contributed by atoms with van der Waals surface area (Å²) in [6, 6.07) is 0. The van der Waals surface area contributed by atoms with E-state index in [2.05, 4.69) is 17.4 Å². The standard InChI is InChI=1S/C12H23N3O2/c1-3-9-5-7-12(8-6-9,11(13)15-17)14-10(16)4-2/h9,17H,3-8H2,1-2H3,(H2,13,15)(H,14,16). The molecule has 0 atom stereocenters. The molecule has 0 aromatic heterocycles. The number of carbonyl (C=O) groups is 1. The molecule has 0 saturated heterocycles. The summed E-state index contributed by atoms with van der Waals surface area (Å²) in [4.78, 5) is 11.6. The fourth-order valence-corrected chi connectivity index (χ4v) is 2.47. The Morgan fingerprint density at radius 2 is 2.06 bits per heavy atom. The molecule has 1 rings (SSSR count). The highest BCUT2D eigenvalue weighted by Gasteiger charge is 2.39. The Hall–Kier alpha value is -1.26. The molecule has 0 aromatic carbocycles. The predicted molar refractivity (Wildman–Crippen MR) is 66.8 cm³/mol. The lowest BCUT2D eigenvalue weighted by Crippen LogP contribution is -2.59. The van der Waals surface area contributed by atoms with Gasteiger partial charge < -0.3 is 16.3 Å². The van der Waals surface area contributed by atoms with Gasteiger partial charge in [-0.15, -0.1) is 0 Å². The number of nitrogens with zero attached hydrogens (tertiary/aromatic N) is 1. The van der Waals surface area contributed by atoms with E-state index in [1.807, 2.05) is 0 Å². The molecule has 0 heterocycles. The van der Waals surface area contributed by atoms with Gasteiger partial charge in [-0.2, -0.15) is 0 Å². The van der Waals surface area contributed by atoms with E-state index < -0.39 is 5.54 Å². The normalized spacial score (nSPS) is 30.0. The van der Waals surface area contributed by atoms with Gasteiger partial charge in [0.25, 0.3) is 0 Å². The number of hydrogen-bond acceptors (Lipinski definition) is 3. The lowest BCUT2D eigenvalue weighted by atomic mass is 9.75. The minimum absolute atomic E-state index is 0.0495. The maximum absolute atomic E-state index is 11.6. The number of rotatable bonds is 4. The van der Waals surface area contributed by atoms with Crippen molar-refractivity contribution in [1.82, 2.24) is 5.32 Å². The van der Waals surface area contributed by atoms with Crippen molar-refractivity contribution in [2.45, 2.75) is 57.9 Å². The van der Waals surface area contributed by atoms with E-state index >= 15 is 0 Å². The molecule has 0 spiro atoms. The Morgan fingerprint density at radius 1 is 1.47 bits per heavy atom. The Kier molecular flexibility index (Phi) is 4.78. The molecule has 5 nitrogen and oxygen atoms in total. The number of nitrogens with one attached hydrogen (secondary N) is 1. The summed E-state index contributed by atoms with van der Waals surface area (Å²) in [6.45, 7) is 3.97. The number of amides is 1. The van der Waals surface area contributed by atoms with E-state index in [1.165, 1.54) is 0 Å². The first-order valence-electron chi connectivity index (χ1n) is 6.37. The number of amidine groups is 1. The van der Waals surface area contributed by atoms with Crippen molar-refractivity contribution >= 4 is 11.7 Å². The van der Waals surface area contributed by atoms with Crippen LogP contribution in [0.15, 0.2) is 5.16 Å². The lowest BCUT2D eigenvalue weighted by molar-refractivity contribution is -0.122. The van der Waals surface area contributed by atoms with Gasteiger partial charge in [-0.1, -0.05) is 25.4 Å². The average molecular weight is 241 g/mol. The van der Waals surface area contributed by atoms with Crippen LogP contribution in [-0.4, -0.2) is 22.5 Å². The van der Waals surface area contributed by atoms with E-state index in [1.54, 1.807) is 6.92 Å². The summed E-state index contributed by atoms with van der Waals surface area (Å²) >= 11 is 0. The molecular weight excluding hydrogens is 218 g/mol. The molecule has 1 saturated carbocycles. The molecular formula is C12H23N3O2. The molecule has 1 fully saturated rings. The third-order valence-electron chi connectivity index (χ3n) is 3.83. The van der Waals surface area contributed by atoms with Gasteiger partial charge in [-0.3, -0.25) is 4.79 Å². The second kappa shape index (κ2) is 5.89. The van der Waals surface area contributed by atoms with Crippen molar-refractivity contribution in [2.75, 3.05) is 0 Å². The molecule has 0 radical (unpaired) electrons. The molecule has 5 heteroatoms. The highest BCUT2D eigenvalue weighted by atomic mass is 16.4. The van der Waals surface area contributed by atoms with Gasteiger partial charge in [-0.05, 0) is 31.6 Å². The van der Waals surface area contributed by atoms with Crippen LogP contribution in [0.1, 0.15) is 52.4 Å². The van der Waals surface area contributed by atoms with Gasteiger partial charge in [0.2, 0.25) is 5.91 Å². The van der Waals surface area contributed by atoms with Gasteiger partial charge >= 0.3 is 0 Å². The smallest absolute Gasteiger partial charge is 0.220 e. The Bertz CT molecular complexity index is 294. The van der Waals surface area contributed by atoms with Gasteiger partial charge in [0.15, 0.2) is 5.84 Å². The fourth-order valence-electron chi connectivity index (χ4n) is 2.47. The van der Waals surface area contributed by atoms with E-state index in [0.29, 0.717) is 12.3 Å². The lowest BCUT2D eigenvalue weighted by Gasteiger charge is -2.39. The highest BCUT2D eigenvalue weighted by molar-refractivity contribution is 5.93. The minimum atomic E-state index is -0.631. The highest BCUT2D eigenvalue weighted by Crippen LogP contribution is 2.34. The minimum Gasteiger partial charge on any atom is -0.409 e. The molecule has 17 heavy (non-hydrogen) atoms. The summed E-state index contributed by atoms with van der Waals surface area (Å²) < 4.78 is 0. The summed E-state index contributed by atoms with van der Waals surface area (Å²) in [5.74, 6) is 0.772. The predicted octanol–water partition coefficient (Wildman–Crippen LogP) is 1.60. The molecule has 0 unspecified atom stereocenters. The van der Waals surface area contributed by atoms with Crippen molar-refractivity contribution in [1.29, 1.82) is 0 Å². The average Bonchev–Trinajstić information content (AvgIpc) is 2.38. The van der Waals surface area contributed by atoms with Crippen LogP contribution < -0.4 is 11.1 Å². The van der Waals surface area contributed by atoms with Crippen LogP contribution in [0.25, 0.3) is 0 Å². The summed E-state index contributed by atoms with van der Waals surface area (Å²) in [5.41, 5.74) is 5.13. The molecule has 0 bridgehead atoms. The van der Waals surface area contributed by atoms with Gasteiger partial charge in [-0.25, -0.2) is 0 Å². The van der Waals surface area contributed by atoms with Crippen LogP contribution in [0.4, 0.5) is 0 Å². The van der Waals surface area contributed by atoms with Crippen LogP contribution in [-0.2, 0) is 4.79 Å². The Labute approximate surface area is 102 Å². The summed E-state index contributed by atoms with van der Waals surface area (Å²) in [7, 11) is 0. The first-order chi connectivity index (χ1) is 8.07. The van der Waals surface area contributed by atoms with E-state index in [0.717, 1.165) is 32.1 Å². The SMILES string of the molecule is CCC(=O)NC1(/C(N)=N/O)CCC(CC)CC1. The topological polar surface area (TPSA) is 87.7 Å². The van der Waals surface area contributed by atoms with Crippen molar-refractivity contribution < 1.29 is 10.0 Å². The van der Waals surface area contributed by atoms with Crippen molar-refractivity contribution in [3.63, 3.8) is 0 Å². The zero-order valence-corrected chi connectivity index (χ0v) is 10.7. The number of carbonyl (C=O) groups excluding carboxylic acids is 1. The number of hydrogen-bond donors (Lipinski definition) is 3. The summed E-state index contributed by atoms with van der Waals surface area (Å²) in [5, 5.41) is 14.9. The maximum atomic E-state index is 11.6. The Morgan fingerprint density at radius 3 is 2.47 bits per heavy atom. The van der Waals surface area contributed by atoms with Crippen molar-refractivity contribution in [3.05, 3.63) is 0 Å².